The van der Waals surface area contributed by atoms with Crippen molar-refractivity contribution in [2.24, 2.45) is 0 Å². The van der Waals surface area contributed by atoms with Crippen LogP contribution >= 0.6 is 22.6 Å². The molecule has 0 radical (unpaired) electrons. The first kappa shape index (κ1) is 16.4. The van der Waals surface area contributed by atoms with E-state index >= 15 is 0 Å². The van der Waals surface area contributed by atoms with Gasteiger partial charge in [-0.3, -0.25) is 9.59 Å². The fourth-order valence-electron chi connectivity index (χ4n) is 2.03. The van der Waals surface area contributed by atoms with E-state index in [0.717, 1.165) is 5.56 Å². The molecule has 0 fully saturated rings. The second-order valence-corrected chi connectivity index (χ2v) is 5.82. The maximum Gasteiger partial charge on any atom is 0.255 e. The van der Waals surface area contributed by atoms with Crippen LogP contribution in [0.25, 0.3) is 0 Å². The van der Waals surface area contributed by atoms with Gasteiger partial charge in [0.05, 0.1) is 11.3 Å². The number of amides is 2. The summed E-state index contributed by atoms with van der Waals surface area (Å²) in [6, 6.07) is 9.40. The van der Waals surface area contributed by atoms with Gasteiger partial charge < -0.3 is 10.6 Å². The van der Waals surface area contributed by atoms with Crippen LogP contribution in [-0.2, 0) is 0 Å². The molecule has 0 aromatic heterocycles. The van der Waals surface area contributed by atoms with E-state index in [9.17, 15) is 14.0 Å². The van der Waals surface area contributed by atoms with Crippen molar-refractivity contribution < 1.29 is 14.0 Å². The molecule has 6 heteroatoms. The third kappa shape index (κ3) is 3.44. The highest BCUT2D eigenvalue weighted by Gasteiger charge is 2.16. The summed E-state index contributed by atoms with van der Waals surface area (Å²) in [6.45, 7) is 1.78. The molecule has 0 spiro atoms. The van der Waals surface area contributed by atoms with Gasteiger partial charge in [-0.1, -0.05) is 12.1 Å². The number of aryl methyl sites for hydroxylation is 1. The van der Waals surface area contributed by atoms with Gasteiger partial charge in [-0.2, -0.15) is 0 Å². The average Bonchev–Trinajstić information content (AvgIpc) is 2.49. The van der Waals surface area contributed by atoms with Gasteiger partial charge >= 0.3 is 0 Å². The monoisotopic (exact) mass is 412 g/mol. The fourth-order valence-corrected chi connectivity index (χ4v) is 2.37. The summed E-state index contributed by atoms with van der Waals surface area (Å²) in [6.07, 6.45) is 0. The summed E-state index contributed by atoms with van der Waals surface area (Å²) >= 11 is 1.85. The molecule has 2 amide bonds. The molecule has 0 aliphatic rings. The summed E-state index contributed by atoms with van der Waals surface area (Å²) in [5.41, 5.74) is 1.72. The first-order chi connectivity index (χ1) is 10.4. The summed E-state index contributed by atoms with van der Waals surface area (Å²) in [5, 5.41) is 5.20. The maximum absolute atomic E-state index is 13.6. The molecule has 0 aliphatic heterocycles. The van der Waals surface area contributed by atoms with Gasteiger partial charge in [-0.05, 0) is 59.3 Å². The van der Waals surface area contributed by atoms with Gasteiger partial charge in [-0.25, -0.2) is 4.39 Å². The van der Waals surface area contributed by atoms with E-state index in [0.29, 0.717) is 14.8 Å². The molecule has 4 nitrogen and oxygen atoms in total. The molecule has 2 aromatic carbocycles. The van der Waals surface area contributed by atoms with Crippen molar-refractivity contribution in [3.63, 3.8) is 0 Å². The zero-order valence-corrected chi connectivity index (χ0v) is 14.2. The van der Waals surface area contributed by atoms with Crippen molar-refractivity contribution in [1.29, 1.82) is 0 Å². The molecule has 0 atom stereocenters. The number of anilines is 1. The van der Waals surface area contributed by atoms with E-state index in [1.807, 2.05) is 22.6 Å². The summed E-state index contributed by atoms with van der Waals surface area (Å²) in [5.74, 6) is -1.21. The van der Waals surface area contributed by atoms with Gasteiger partial charge in [0.2, 0.25) is 0 Å². The minimum atomic E-state index is -0.467. The molecular formula is C16H14FIN2O2. The van der Waals surface area contributed by atoms with Gasteiger partial charge in [0.1, 0.15) is 5.82 Å². The van der Waals surface area contributed by atoms with Crippen molar-refractivity contribution in [2.45, 2.75) is 6.92 Å². The third-order valence-corrected chi connectivity index (χ3v) is 4.03. The lowest BCUT2D eigenvalue weighted by atomic mass is 10.1. The molecule has 22 heavy (non-hydrogen) atoms. The lowest BCUT2D eigenvalue weighted by Crippen LogP contribution is -2.22. The molecule has 0 bridgehead atoms. The normalized spacial score (nSPS) is 10.2. The summed E-state index contributed by atoms with van der Waals surface area (Å²) < 4.78 is 14.0. The van der Waals surface area contributed by atoms with Crippen LogP contribution in [0.1, 0.15) is 26.3 Å². The van der Waals surface area contributed by atoms with Crippen LogP contribution in [0.3, 0.4) is 0 Å². The van der Waals surface area contributed by atoms with E-state index in [2.05, 4.69) is 10.6 Å². The van der Waals surface area contributed by atoms with Gasteiger partial charge in [-0.15, -0.1) is 0 Å². The number of benzene rings is 2. The van der Waals surface area contributed by atoms with E-state index < -0.39 is 11.7 Å². The highest BCUT2D eigenvalue weighted by Crippen LogP contribution is 2.21. The third-order valence-electron chi connectivity index (χ3n) is 3.16. The van der Waals surface area contributed by atoms with Crippen LogP contribution in [-0.4, -0.2) is 18.9 Å². The molecule has 0 saturated heterocycles. The van der Waals surface area contributed by atoms with Crippen molar-refractivity contribution in [1.82, 2.24) is 5.32 Å². The van der Waals surface area contributed by atoms with E-state index in [-0.39, 0.29) is 11.5 Å². The Morgan fingerprint density at radius 2 is 1.86 bits per heavy atom. The quantitative estimate of drug-likeness (QED) is 0.760. The highest BCUT2D eigenvalue weighted by molar-refractivity contribution is 14.1. The molecule has 114 valence electrons. The Balaban J connectivity index is 2.34. The number of hydrogen-bond acceptors (Lipinski definition) is 2. The van der Waals surface area contributed by atoms with Crippen molar-refractivity contribution in [2.75, 3.05) is 12.4 Å². The molecule has 2 aromatic rings. The number of carbonyl (C=O) groups excluding carboxylic acids is 2. The second kappa shape index (κ2) is 6.87. The Kier molecular flexibility index (Phi) is 5.12. The van der Waals surface area contributed by atoms with Crippen molar-refractivity contribution in [3.8, 4) is 0 Å². The predicted molar refractivity (Wildman–Crippen MR) is 91.6 cm³/mol. The van der Waals surface area contributed by atoms with E-state index in [1.165, 1.54) is 25.2 Å². The van der Waals surface area contributed by atoms with Gasteiger partial charge in [0.15, 0.2) is 0 Å². The molecule has 0 unspecified atom stereocenters. The standard InChI is InChI=1S/C16H14FIN2O2/c1-9-4-3-5-13(14(9)16(22)19-2)20-15(21)10-6-7-12(18)11(17)8-10/h3-8H,1-2H3,(H,19,22)(H,20,21). The fraction of sp³-hybridized carbons (Fsp3) is 0.125. The minimum Gasteiger partial charge on any atom is -0.355 e. The van der Waals surface area contributed by atoms with Crippen molar-refractivity contribution >= 4 is 40.1 Å². The number of halogens is 2. The molecule has 0 heterocycles. The predicted octanol–water partition coefficient (Wildman–Crippen LogP) is 3.35. The smallest absolute Gasteiger partial charge is 0.255 e. The highest BCUT2D eigenvalue weighted by atomic mass is 127. The van der Waals surface area contributed by atoms with Gasteiger partial charge in [0, 0.05) is 16.2 Å². The zero-order valence-electron chi connectivity index (χ0n) is 12.0. The Morgan fingerprint density at radius 3 is 2.50 bits per heavy atom. The first-order valence-corrected chi connectivity index (χ1v) is 7.60. The largest absolute Gasteiger partial charge is 0.355 e. The lowest BCUT2D eigenvalue weighted by Gasteiger charge is -2.12. The number of rotatable bonds is 3. The van der Waals surface area contributed by atoms with E-state index in [1.54, 1.807) is 25.1 Å². The average molecular weight is 412 g/mol. The Morgan fingerprint density at radius 1 is 1.14 bits per heavy atom. The topological polar surface area (TPSA) is 58.2 Å². The Hall–Kier alpha value is -1.96. The minimum absolute atomic E-state index is 0.197. The maximum atomic E-state index is 13.6. The number of carbonyl (C=O) groups is 2. The molecule has 0 saturated carbocycles. The first-order valence-electron chi connectivity index (χ1n) is 6.52. The summed E-state index contributed by atoms with van der Waals surface area (Å²) in [7, 11) is 1.52. The number of hydrogen-bond donors (Lipinski definition) is 2. The van der Waals surface area contributed by atoms with Crippen LogP contribution in [0.5, 0.6) is 0 Å². The van der Waals surface area contributed by atoms with Crippen LogP contribution in [0.2, 0.25) is 0 Å². The summed E-state index contributed by atoms with van der Waals surface area (Å²) in [4.78, 5) is 24.2. The molecule has 2 N–H and O–H groups in total. The van der Waals surface area contributed by atoms with Crippen LogP contribution in [0, 0.1) is 16.3 Å². The van der Waals surface area contributed by atoms with Crippen molar-refractivity contribution in [3.05, 3.63) is 62.5 Å². The zero-order chi connectivity index (χ0) is 16.3. The van der Waals surface area contributed by atoms with E-state index in [4.69, 9.17) is 0 Å². The van der Waals surface area contributed by atoms with Crippen LogP contribution < -0.4 is 10.6 Å². The molecule has 0 aliphatic carbocycles. The molecule has 2 rings (SSSR count). The lowest BCUT2D eigenvalue weighted by molar-refractivity contribution is 0.0963. The number of nitrogens with one attached hydrogen (secondary N) is 2. The molecular weight excluding hydrogens is 398 g/mol. The van der Waals surface area contributed by atoms with Crippen LogP contribution in [0.4, 0.5) is 10.1 Å². The Labute approximate surface area is 141 Å². The van der Waals surface area contributed by atoms with Crippen LogP contribution in [0.15, 0.2) is 36.4 Å². The SMILES string of the molecule is CNC(=O)c1c(C)cccc1NC(=O)c1ccc(I)c(F)c1. The van der Waals surface area contributed by atoms with Gasteiger partial charge in [0.25, 0.3) is 11.8 Å². The second-order valence-electron chi connectivity index (χ2n) is 4.66. The Bertz CT molecular complexity index is 747.